The van der Waals surface area contributed by atoms with Crippen LogP contribution in [0.25, 0.3) is 0 Å². The first-order valence-electron chi connectivity index (χ1n) is 11.5. The Morgan fingerprint density at radius 1 is 1.14 bits per heavy atom. The highest BCUT2D eigenvalue weighted by Crippen LogP contribution is 2.46. The van der Waals surface area contributed by atoms with Crippen LogP contribution in [0.5, 0.6) is 0 Å². The molecule has 0 aliphatic carbocycles. The quantitative estimate of drug-likeness (QED) is 0.454. The third kappa shape index (κ3) is 5.80. The number of carbonyl (C=O) groups excluding carboxylic acids is 2. The number of carbonyl (C=O) groups is 2. The number of thioether (sulfide) groups is 1. The van der Waals surface area contributed by atoms with Crippen molar-refractivity contribution in [1.82, 2.24) is 10.2 Å². The Morgan fingerprint density at radius 3 is 2.57 bits per heavy atom. The van der Waals surface area contributed by atoms with Gasteiger partial charge in [0, 0.05) is 17.3 Å². The van der Waals surface area contributed by atoms with Crippen molar-refractivity contribution in [3.63, 3.8) is 0 Å². The van der Waals surface area contributed by atoms with E-state index < -0.39 is 12.0 Å². The standard InChI is InChI=1S/C27H28ClN3O3S/c1-17(2)14-29-23(32)13-20-16-35-27-30-18(3)24(26(33)34-15-19-9-5-4-6-10-19)25(31(20)27)21-11-7-8-12-22(21)28/h4-12,16-17,25H,13-15H2,1-3H3,(H,29,32)/t25-/m1/s1. The first kappa shape index (κ1) is 25.1. The van der Waals surface area contributed by atoms with Crippen LogP contribution < -0.4 is 5.32 Å². The lowest BCUT2D eigenvalue weighted by Gasteiger charge is -2.36. The Balaban J connectivity index is 1.66. The second kappa shape index (κ2) is 11.1. The van der Waals surface area contributed by atoms with E-state index in [9.17, 15) is 9.59 Å². The van der Waals surface area contributed by atoms with Gasteiger partial charge in [-0.15, -0.1) is 0 Å². The van der Waals surface area contributed by atoms with Crippen molar-refractivity contribution in [2.45, 2.75) is 39.8 Å². The molecule has 0 saturated carbocycles. The largest absolute Gasteiger partial charge is 0.457 e. The molecule has 1 atom stereocenters. The molecule has 35 heavy (non-hydrogen) atoms. The number of rotatable bonds is 8. The number of hydrogen-bond donors (Lipinski definition) is 1. The highest BCUT2D eigenvalue weighted by atomic mass is 35.5. The zero-order valence-corrected chi connectivity index (χ0v) is 21.5. The summed E-state index contributed by atoms with van der Waals surface area (Å²) in [5, 5.41) is 6.12. The number of amides is 1. The molecular formula is C27H28ClN3O3S. The van der Waals surface area contributed by atoms with Crippen LogP contribution in [0.3, 0.4) is 0 Å². The smallest absolute Gasteiger partial charge is 0.338 e. The predicted molar refractivity (Wildman–Crippen MR) is 141 cm³/mol. The Morgan fingerprint density at radius 2 is 1.86 bits per heavy atom. The summed E-state index contributed by atoms with van der Waals surface area (Å²) < 4.78 is 5.72. The van der Waals surface area contributed by atoms with Crippen LogP contribution >= 0.6 is 23.4 Å². The van der Waals surface area contributed by atoms with Crippen molar-refractivity contribution in [3.8, 4) is 0 Å². The van der Waals surface area contributed by atoms with Crippen molar-refractivity contribution in [2.24, 2.45) is 10.9 Å². The van der Waals surface area contributed by atoms with Gasteiger partial charge in [0.15, 0.2) is 5.17 Å². The molecule has 0 bridgehead atoms. The van der Waals surface area contributed by atoms with E-state index in [-0.39, 0.29) is 18.9 Å². The maximum Gasteiger partial charge on any atom is 0.338 e. The minimum Gasteiger partial charge on any atom is -0.457 e. The lowest BCUT2D eigenvalue weighted by Crippen LogP contribution is -2.38. The van der Waals surface area contributed by atoms with E-state index in [1.165, 1.54) is 11.8 Å². The Bertz CT molecular complexity index is 1210. The van der Waals surface area contributed by atoms with Crippen LogP contribution in [0.1, 0.15) is 44.4 Å². The van der Waals surface area contributed by atoms with Crippen LogP contribution in [0.2, 0.25) is 5.02 Å². The second-order valence-corrected chi connectivity index (χ2v) is 10.1. The van der Waals surface area contributed by atoms with Gasteiger partial charge in [0.2, 0.25) is 5.91 Å². The monoisotopic (exact) mass is 509 g/mol. The molecular weight excluding hydrogens is 482 g/mol. The van der Waals surface area contributed by atoms with Gasteiger partial charge in [0.05, 0.1) is 23.7 Å². The van der Waals surface area contributed by atoms with Crippen molar-refractivity contribution in [2.75, 3.05) is 6.54 Å². The topological polar surface area (TPSA) is 71.0 Å². The number of esters is 1. The summed E-state index contributed by atoms with van der Waals surface area (Å²) in [6, 6.07) is 16.4. The van der Waals surface area contributed by atoms with Crippen molar-refractivity contribution in [3.05, 3.63) is 93.1 Å². The van der Waals surface area contributed by atoms with Gasteiger partial charge in [-0.2, -0.15) is 0 Å². The van der Waals surface area contributed by atoms with E-state index in [2.05, 4.69) is 19.2 Å². The van der Waals surface area contributed by atoms with Gasteiger partial charge in [0.25, 0.3) is 0 Å². The molecule has 6 nitrogen and oxygen atoms in total. The van der Waals surface area contributed by atoms with E-state index in [4.69, 9.17) is 21.3 Å². The average Bonchev–Trinajstić information content (AvgIpc) is 3.23. The highest BCUT2D eigenvalue weighted by molar-refractivity contribution is 8.16. The van der Waals surface area contributed by atoms with Gasteiger partial charge < -0.3 is 15.0 Å². The first-order valence-corrected chi connectivity index (χ1v) is 12.8. The van der Waals surface area contributed by atoms with Gasteiger partial charge in [-0.1, -0.05) is 85.7 Å². The molecule has 2 aromatic rings. The Kier molecular flexibility index (Phi) is 7.98. The number of amidine groups is 1. The molecule has 182 valence electrons. The van der Waals surface area contributed by atoms with E-state index in [0.717, 1.165) is 16.8 Å². The summed E-state index contributed by atoms with van der Waals surface area (Å²) >= 11 is 8.07. The van der Waals surface area contributed by atoms with Gasteiger partial charge in [-0.25, -0.2) is 9.79 Å². The average molecular weight is 510 g/mol. The molecule has 0 fully saturated rings. The molecule has 0 aromatic heterocycles. The van der Waals surface area contributed by atoms with E-state index in [1.54, 1.807) is 13.0 Å². The lowest BCUT2D eigenvalue weighted by molar-refractivity contribution is -0.141. The minimum atomic E-state index is -0.557. The number of halogens is 1. The van der Waals surface area contributed by atoms with Gasteiger partial charge in [0.1, 0.15) is 6.61 Å². The summed E-state index contributed by atoms with van der Waals surface area (Å²) in [5.41, 5.74) is 3.40. The minimum absolute atomic E-state index is 0.0795. The predicted octanol–water partition coefficient (Wildman–Crippen LogP) is 5.82. The molecule has 2 aliphatic heterocycles. The number of fused-ring (bicyclic) bond motifs is 1. The first-order chi connectivity index (χ1) is 16.8. The number of hydrogen-bond acceptors (Lipinski definition) is 6. The normalized spacial score (nSPS) is 17.2. The molecule has 1 amide bonds. The van der Waals surface area contributed by atoms with Crippen LogP contribution in [-0.4, -0.2) is 28.5 Å². The molecule has 2 aliphatic rings. The van der Waals surface area contributed by atoms with E-state index >= 15 is 0 Å². The fraction of sp³-hybridized carbons (Fsp3) is 0.296. The third-order valence-electron chi connectivity index (χ3n) is 5.68. The molecule has 2 heterocycles. The summed E-state index contributed by atoms with van der Waals surface area (Å²) in [7, 11) is 0. The summed E-state index contributed by atoms with van der Waals surface area (Å²) in [6.45, 7) is 6.66. The maximum atomic E-state index is 13.4. The van der Waals surface area contributed by atoms with Crippen molar-refractivity contribution in [1.29, 1.82) is 0 Å². The van der Waals surface area contributed by atoms with Crippen molar-refractivity contribution >= 4 is 40.4 Å². The van der Waals surface area contributed by atoms with E-state index in [0.29, 0.717) is 33.9 Å². The molecule has 0 unspecified atom stereocenters. The molecule has 1 N–H and O–H groups in total. The van der Waals surface area contributed by atoms with Gasteiger partial charge in [-0.3, -0.25) is 4.79 Å². The third-order valence-corrected chi connectivity index (χ3v) is 6.92. The zero-order chi connectivity index (χ0) is 24.9. The number of ether oxygens (including phenoxy) is 1. The number of benzene rings is 2. The number of nitrogens with zero attached hydrogens (tertiary/aromatic N) is 2. The van der Waals surface area contributed by atoms with Crippen LogP contribution in [0, 0.1) is 5.92 Å². The number of allylic oxidation sites excluding steroid dienone is 1. The van der Waals surface area contributed by atoms with E-state index in [1.807, 2.05) is 58.8 Å². The SMILES string of the molecule is CC1=C(C(=O)OCc2ccccc2)[C@@H](c2ccccc2Cl)N2C(CC(=O)NCC(C)C)=CSC2=N1. The lowest BCUT2D eigenvalue weighted by atomic mass is 9.93. The summed E-state index contributed by atoms with van der Waals surface area (Å²) in [4.78, 5) is 32.8. The number of nitrogens with one attached hydrogen (secondary N) is 1. The highest BCUT2D eigenvalue weighted by Gasteiger charge is 2.41. The molecule has 4 rings (SSSR count). The van der Waals surface area contributed by atoms with Gasteiger partial charge in [-0.05, 0) is 35.4 Å². The van der Waals surface area contributed by atoms with Gasteiger partial charge >= 0.3 is 5.97 Å². The van der Waals surface area contributed by atoms with Crippen LogP contribution in [-0.2, 0) is 20.9 Å². The van der Waals surface area contributed by atoms with Crippen molar-refractivity contribution < 1.29 is 14.3 Å². The molecule has 2 aromatic carbocycles. The molecule has 8 heteroatoms. The molecule has 0 saturated heterocycles. The molecule has 0 radical (unpaired) electrons. The molecule has 0 spiro atoms. The fourth-order valence-corrected chi connectivity index (χ4v) is 5.17. The summed E-state index contributed by atoms with van der Waals surface area (Å²) in [5.74, 6) is -0.186. The van der Waals surface area contributed by atoms with Crippen LogP contribution in [0.15, 0.2) is 82.0 Å². The Hall–Kier alpha value is -3.03. The number of aliphatic imine (C=N–C) groups is 1. The fourth-order valence-electron chi connectivity index (χ4n) is 3.97. The Labute approximate surface area is 215 Å². The maximum absolute atomic E-state index is 13.4. The summed E-state index contributed by atoms with van der Waals surface area (Å²) in [6.07, 6.45) is 0.172. The zero-order valence-electron chi connectivity index (χ0n) is 20.0. The van der Waals surface area contributed by atoms with Crippen LogP contribution in [0.4, 0.5) is 0 Å². The second-order valence-electron chi connectivity index (χ2n) is 8.85.